The summed E-state index contributed by atoms with van der Waals surface area (Å²) in [5.74, 6) is 3.22. The third-order valence-corrected chi connectivity index (χ3v) is 8.06. The Hall–Kier alpha value is -2.35. The SMILES string of the molecule is COc1cccc(-n2c(SCC3CCCO3)nnc2C2CCN(Cc3ccccc3C)CC2)c1. The van der Waals surface area contributed by atoms with Crippen LogP contribution in [-0.2, 0) is 11.3 Å². The highest BCUT2D eigenvalue weighted by Gasteiger charge is 2.28. The molecular weight excluding hydrogens is 444 g/mol. The first-order chi connectivity index (χ1) is 16.7. The van der Waals surface area contributed by atoms with Crippen molar-refractivity contribution < 1.29 is 9.47 Å². The van der Waals surface area contributed by atoms with Crippen molar-refractivity contribution in [2.45, 2.75) is 56.3 Å². The predicted octanol–water partition coefficient (Wildman–Crippen LogP) is 5.24. The third kappa shape index (κ3) is 5.32. The summed E-state index contributed by atoms with van der Waals surface area (Å²) < 4.78 is 13.6. The Balaban J connectivity index is 1.34. The summed E-state index contributed by atoms with van der Waals surface area (Å²) in [7, 11) is 1.71. The van der Waals surface area contributed by atoms with Crippen LogP contribution < -0.4 is 4.74 Å². The van der Waals surface area contributed by atoms with Gasteiger partial charge in [-0.25, -0.2) is 0 Å². The third-order valence-electron chi connectivity index (χ3n) is 7.00. The van der Waals surface area contributed by atoms with Gasteiger partial charge in [-0.3, -0.25) is 9.47 Å². The molecule has 3 heterocycles. The zero-order valence-electron chi connectivity index (χ0n) is 20.2. The molecule has 7 heteroatoms. The number of aryl methyl sites for hydroxylation is 1. The van der Waals surface area contributed by atoms with Crippen molar-refractivity contribution in [3.05, 3.63) is 65.5 Å². The van der Waals surface area contributed by atoms with E-state index < -0.39 is 0 Å². The molecule has 1 aromatic heterocycles. The topological polar surface area (TPSA) is 52.4 Å². The molecule has 2 saturated heterocycles. The van der Waals surface area contributed by atoms with E-state index in [4.69, 9.17) is 14.6 Å². The Bertz CT molecular complexity index is 1090. The molecule has 0 amide bonds. The number of hydrogen-bond acceptors (Lipinski definition) is 6. The molecule has 0 N–H and O–H groups in total. The minimum atomic E-state index is 0.314. The first kappa shape index (κ1) is 23.4. The van der Waals surface area contributed by atoms with E-state index in [2.05, 4.69) is 57.9 Å². The molecule has 1 unspecified atom stereocenters. The summed E-state index contributed by atoms with van der Waals surface area (Å²) in [5.41, 5.74) is 3.86. The van der Waals surface area contributed by atoms with Gasteiger partial charge in [0, 0.05) is 30.9 Å². The number of benzene rings is 2. The zero-order chi connectivity index (χ0) is 23.3. The molecule has 0 saturated carbocycles. The molecule has 5 rings (SSSR count). The van der Waals surface area contributed by atoms with Gasteiger partial charge in [-0.05, 0) is 69.0 Å². The van der Waals surface area contributed by atoms with Crippen LogP contribution in [0.25, 0.3) is 5.69 Å². The molecule has 2 aromatic carbocycles. The van der Waals surface area contributed by atoms with Gasteiger partial charge in [0.2, 0.25) is 0 Å². The van der Waals surface area contributed by atoms with Gasteiger partial charge >= 0.3 is 0 Å². The summed E-state index contributed by atoms with van der Waals surface area (Å²) in [4.78, 5) is 2.57. The van der Waals surface area contributed by atoms with Gasteiger partial charge in [0.05, 0.1) is 18.9 Å². The van der Waals surface area contributed by atoms with E-state index in [1.54, 1.807) is 18.9 Å². The lowest BCUT2D eigenvalue weighted by Gasteiger charge is -2.32. The Kier molecular flexibility index (Phi) is 7.52. The Morgan fingerprint density at radius 3 is 2.68 bits per heavy atom. The average Bonchev–Trinajstić information content (AvgIpc) is 3.55. The second kappa shape index (κ2) is 10.9. The fraction of sp³-hybridized carbons (Fsp3) is 0.481. The number of aromatic nitrogens is 3. The van der Waals surface area contributed by atoms with Gasteiger partial charge in [-0.1, -0.05) is 42.1 Å². The molecule has 0 radical (unpaired) electrons. The molecule has 0 bridgehead atoms. The molecule has 0 spiro atoms. The minimum absolute atomic E-state index is 0.314. The van der Waals surface area contributed by atoms with Crippen LogP contribution in [0.4, 0.5) is 0 Å². The summed E-state index contributed by atoms with van der Waals surface area (Å²) in [6.07, 6.45) is 4.77. The average molecular weight is 479 g/mol. The largest absolute Gasteiger partial charge is 0.497 e. The Labute approximate surface area is 206 Å². The van der Waals surface area contributed by atoms with Gasteiger partial charge in [0.25, 0.3) is 0 Å². The second-order valence-corrected chi connectivity index (χ2v) is 10.3. The van der Waals surface area contributed by atoms with Crippen LogP contribution in [0.5, 0.6) is 5.75 Å². The highest BCUT2D eigenvalue weighted by Crippen LogP contribution is 2.34. The normalized spacial score (nSPS) is 19.5. The Morgan fingerprint density at radius 2 is 1.91 bits per heavy atom. The molecule has 6 nitrogen and oxygen atoms in total. The highest BCUT2D eigenvalue weighted by atomic mass is 32.2. The summed E-state index contributed by atoms with van der Waals surface area (Å²) in [6.45, 7) is 6.24. The van der Waals surface area contributed by atoms with Crippen molar-refractivity contribution in [3.63, 3.8) is 0 Å². The number of thioether (sulfide) groups is 1. The lowest BCUT2D eigenvalue weighted by atomic mass is 9.95. The standard InChI is InChI=1S/C27H34N4O2S/c1-20-7-3-4-8-22(20)18-30-14-12-21(13-15-30)26-28-29-27(34-19-25-11-6-16-33-25)31(26)23-9-5-10-24(17-23)32-2/h3-5,7-10,17,21,25H,6,11-16,18-19H2,1-2H3. The van der Waals surface area contributed by atoms with Crippen LogP contribution in [-0.4, -0.2) is 58.3 Å². The van der Waals surface area contributed by atoms with Crippen LogP contribution in [0.2, 0.25) is 0 Å². The maximum atomic E-state index is 5.85. The van der Waals surface area contributed by atoms with Gasteiger partial charge in [-0.2, -0.15) is 0 Å². The van der Waals surface area contributed by atoms with Crippen LogP contribution in [0.1, 0.15) is 48.6 Å². The van der Waals surface area contributed by atoms with Crippen molar-refractivity contribution in [2.75, 3.05) is 32.6 Å². The smallest absolute Gasteiger partial charge is 0.195 e. The first-order valence-electron chi connectivity index (χ1n) is 12.3. The van der Waals surface area contributed by atoms with E-state index in [9.17, 15) is 0 Å². The molecule has 1 atom stereocenters. The fourth-order valence-corrected chi connectivity index (χ4v) is 5.98. The predicted molar refractivity (Wildman–Crippen MR) is 136 cm³/mol. The number of rotatable bonds is 8. The summed E-state index contributed by atoms with van der Waals surface area (Å²) >= 11 is 1.75. The van der Waals surface area contributed by atoms with Gasteiger partial charge in [-0.15, -0.1) is 10.2 Å². The summed E-state index contributed by atoms with van der Waals surface area (Å²) in [5, 5.41) is 10.3. The van der Waals surface area contributed by atoms with Crippen molar-refractivity contribution in [2.24, 2.45) is 0 Å². The maximum Gasteiger partial charge on any atom is 0.195 e. The molecule has 180 valence electrons. The van der Waals surface area contributed by atoms with Crippen molar-refractivity contribution in [3.8, 4) is 11.4 Å². The number of likely N-dealkylation sites (tertiary alicyclic amines) is 1. The van der Waals surface area contributed by atoms with Crippen molar-refractivity contribution >= 4 is 11.8 Å². The summed E-state index contributed by atoms with van der Waals surface area (Å²) in [6, 6.07) is 16.9. The number of piperidine rings is 1. The van der Waals surface area contributed by atoms with Crippen molar-refractivity contribution in [1.29, 1.82) is 0 Å². The van der Waals surface area contributed by atoms with Crippen LogP contribution in [0.15, 0.2) is 53.7 Å². The number of nitrogens with zero attached hydrogens (tertiary/aromatic N) is 4. The van der Waals surface area contributed by atoms with Crippen LogP contribution in [0, 0.1) is 6.92 Å². The van der Waals surface area contributed by atoms with E-state index in [1.807, 2.05) is 12.1 Å². The highest BCUT2D eigenvalue weighted by molar-refractivity contribution is 7.99. The quantitative estimate of drug-likeness (QED) is 0.413. The molecule has 34 heavy (non-hydrogen) atoms. The van der Waals surface area contributed by atoms with Gasteiger partial charge < -0.3 is 9.47 Å². The van der Waals surface area contributed by atoms with Crippen LogP contribution in [0.3, 0.4) is 0 Å². The number of hydrogen-bond donors (Lipinski definition) is 0. The number of methoxy groups -OCH3 is 1. The van der Waals surface area contributed by atoms with E-state index >= 15 is 0 Å². The maximum absolute atomic E-state index is 5.85. The van der Waals surface area contributed by atoms with E-state index in [0.29, 0.717) is 12.0 Å². The van der Waals surface area contributed by atoms with Crippen molar-refractivity contribution in [1.82, 2.24) is 19.7 Å². The second-order valence-electron chi connectivity index (χ2n) is 9.30. The van der Waals surface area contributed by atoms with E-state index in [1.165, 1.54) is 11.1 Å². The minimum Gasteiger partial charge on any atom is -0.497 e. The van der Waals surface area contributed by atoms with E-state index in [-0.39, 0.29) is 0 Å². The first-order valence-corrected chi connectivity index (χ1v) is 13.3. The van der Waals surface area contributed by atoms with Crippen LogP contribution >= 0.6 is 11.8 Å². The molecule has 0 aliphatic carbocycles. The Morgan fingerprint density at radius 1 is 1.06 bits per heavy atom. The lowest BCUT2D eigenvalue weighted by molar-refractivity contribution is 0.129. The molecule has 3 aromatic rings. The molecular formula is C27H34N4O2S. The van der Waals surface area contributed by atoms with E-state index in [0.717, 1.165) is 80.1 Å². The lowest BCUT2D eigenvalue weighted by Crippen LogP contribution is -2.33. The van der Waals surface area contributed by atoms with Gasteiger partial charge in [0.1, 0.15) is 11.6 Å². The fourth-order valence-electron chi connectivity index (χ4n) is 4.95. The van der Waals surface area contributed by atoms with Gasteiger partial charge in [0.15, 0.2) is 5.16 Å². The molecule has 2 fully saturated rings. The zero-order valence-corrected chi connectivity index (χ0v) is 21.0. The molecule has 2 aliphatic rings. The monoisotopic (exact) mass is 478 g/mol. The molecule has 2 aliphatic heterocycles. The number of ether oxygens (including phenoxy) is 2.